The molecule has 0 aromatic carbocycles. The lowest BCUT2D eigenvalue weighted by Crippen LogP contribution is -2.33. The van der Waals surface area contributed by atoms with Crippen LogP contribution in [0.2, 0.25) is 0 Å². The van der Waals surface area contributed by atoms with E-state index in [1.807, 2.05) is 20.8 Å². The fourth-order valence-corrected chi connectivity index (χ4v) is 2.71. The zero-order chi connectivity index (χ0) is 14.0. The number of carbonyl (C=O) groups is 2. The molecule has 106 valence electrons. The van der Waals surface area contributed by atoms with E-state index >= 15 is 0 Å². The molecule has 0 aromatic rings. The van der Waals surface area contributed by atoms with Gasteiger partial charge in [0.05, 0.1) is 0 Å². The molecule has 0 radical (unpaired) electrons. The van der Waals surface area contributed by atoms with Crippen LogP contribution in [0.3, 0.4) is 0 Å². The van der Waals surface area contributed by atoms with Gasteiger partial charge >= 0.3 is 6.09 Å². The summed E-state index contributed by atoms with van der Waals surface area (Å²) in [5.41, 5.74) is -0.454. The van der Waals surface area contributed by atoms with Gasteiger partial charge in [0.25, 0.3) is 0 Å². The molecule has 0 unspecified atom stereocenters. The Labute approximate surface area is 117 Å². The molecule has 0 saturated carbocycles. The lowest BCUT2D eigenvalue weighted by atomic mass is 10.2. The first-order valence-electron chi connectivity index (χ1n) is 5.77. The molecule has 0 bridgehead atoms. The van der Waals surface area contributed by atoms with Gasteiger partial charge in [-0.25, -0.2) is 4.79 Å². The fourth-order valence-electron chi connectivity index (χ4n) is 0.896. The highest BCUT2D eigenvalue weighted by atomic mass is 33.1. The average molecular weight is 294 g/mol. The Hall–Kier alpha value is -0.560. The van der Waals surface area contributed by atoms with Gasteiger partial charge in [-0.1, -0.05) is 21.6 Å². The van der Waals surface area contributed by atoms with Crippen molar-refractivity contribution in [2.75, 3.05) is 24.6 Å². The number of alkyl carbamates (subject to hydrolysis) is 1. The van der Waals surface area contributed by atoms with Gasteiger partial charge in [-0.2, -0.15) is 0 Å². The van der Waals surface area contributed by atoms with Crippen LogP contribution in [0.5, 0.6) is 0 Å². The van der Waals surface area contributed by atoms with Crippen LogP contribution in [0.15, 0.2) is 0 Å². The van der Waals surface area contributed by atoms with Crippen molar-refractivity contribution in [1.82, 2.24) is 10.6 Å². The van der Waals surface area contributed by atoms with E-state index in [1.54, 1.807) is 21.6 Å². The van der Waals surface area contributed by atoms with E-state index in [0.29, 0.717) is 13.1 Å². The monoisotopic (exact) mass is 294 g/mol. The van der Waals surface area contributed by atoms with Crippen LogP contribution in [-0.2, 0) is 9.53 Å². The molecule has 0 aliphatic heterocycles. The largest absolute Gasteiger partial charge is 0.444 e. The summed E-state index contributed by atoms with van der Waals surface area (Å²) in [6.07, 6.45) is -0.383. The zero-order valence-corrected chi connectivity index (χ0v) is 13.0. The van der Waals surface area contributed by atoms with Crippen molar-refractivity contribution >= 4 is 33.6 Å². The van der Waals surface area contributed by atoms with Crippen molar-refractivity contribution in [2.24, 2.45) is 0 Å². The fraction of sp³-hybridized carbons (Fsp3) is 0.818. The molecule has 0 heterocycles. The van der Waals surface area contributed by atoms with Gasteiger partial charge in [0.15, 0.2) is 0 Å². The first-order valence-corrected chi connectivity index (χ1v) is 8.26. The maximum atomic E-state index is 11.3. The smallest absolute Gasteiger partial charge is 0.407 e. The van der Waals surface area contributed by atoms with Crippen molar-refractivity contribution < 1.29 is 14.3 Å². The molecule has 2 amide bonds. The Morgan fingerprint density at radius 3 is 2.00 bits per heavy atom. The van der Waals surface area contributed by atoms with Crippen molar-refractivity contribution in [1.29, 1.82) is 0 Å². The van der Waals surface area contributed by atoms with Crippen LogP contribution in [-0.4, -0.2) is 42.2 Å². The maximum absolute atomic E-state index is 11.3. The third-order valence-electron chi connectivity index (χ3n) is 1.50. The molecule has 0 aliphatic rings. The summed E-state index contributed by atoms with van der Waals surface area (Å²) in [7, 11) is 3.33. The molecular formula is C11H22N2O3S2. The average Bonchev–Trinajstić information content (AvgIpc) is 2.18. The number of hydrogen-bond donors (Lipinski definition) is 2. The van der Waals surface area contributed by atoms with Gasteiger partial charge in [-0.05, 0) is 20.8 Å². The van der Waals surface area contributed by atoms with Crippen molar-refractivity contribution in [3.8, 4) is 0 Å². The standard InChI is InChI=1S/C11H22N2O3S2/c1-9(14)12-5-7-17-18-8-6-13-10(15)16-11(2,3)4/h5-8H2,1-4H3,(H,12,14)(H,13,15). The molecule has 5 nitrogen and oxygen atoms in total. The van der Waals surface area contributed by atoms with Crippen LogP contribution in [0, 0.1) is 0 Å². The zero-order valence-electron chi connectivity index (χ0n) is 11.4. The number of hydrogen-bond acceptors (Lipinski definition) is 5. The molecule has 0 spiro atoms. The van der Waals surface area contributed by atoms with Gasteiger partial charge < -0.3 is 15.4 Å². The number of amides is 2. The lowest BCUT2D eigenvalue weighted by molar-refractivity contribution is -0.118. The summed E-state index contributed by atoms with van der Waals surface area (Å²) in [6, 6.07) is 0. The molecule has 0 rings (SSSR count). The molecular weight excluding hydrogens is 272 g/mol. The predicted molar refractivity (Wildman–Crippen MR) is 77.8 cm³/mol. The van der Waals surface area contributed by atoms with E-state index in [9.17, 15) is 9.59 Å². The van der Waals surface area contributed by atoms with E-state index in [2.05, 4.69) is 10.6 Å². The van der Waals surface area contributed by atoms with Gasteiger partial charge in [0, 0.05) is 31.5 Å². The van der Waals surface area contributed by atoms with E-state index < -0.39 is 5.60 Å². The Kier molecular flexibility index (Phi) is 9.09. The molecule has 18 heavy (non-hydrogen) atoms. The minimum atomic E-state index is -0.454. The SMILES string of the molecule is CC(=O)NCCSSCCNC(=O)OC(C)(C)C. The minimum absolute atomic E-state index is 0.00723. The number of rotatable bonds is 7. The quantitative estimate of drug-likeness (QED) is 0.555. The number of nitrogens with one attached hydrogen (secondary N) is 2. The molecule has 0 fully saturated rings. The molecule has 2 N–H and O–H groups in total. The van der Waals surface area contributed by atoms with E-state index in [-0.39, 0.29) is 12.0 Å². The van der Waals surface area contributed by atoms with E-state index in [1.165, 1.54) is 6.92 Å². The Morgan fingerprint density at radius 2 is 1.56 bits per heavy atom. The third kappa shape index (κ3) is 13.5. The summed E-state index contributed by atoms with van der Waals surface area (Å²) in [4.78, 5) is 21.9. The van der Waals surface area contributed by atoms with Gasteiger partial charge in [0.1, 0.15) is 5.60 Å². The van der Waals surface area contributed by atoms with Crippen LogP contribution in [0.4, 0.5) is 4.79 Å². The Balaban J connectivity index is 3.30. The summed E-state index contributed by atoms with van der Waals surface area (Å²) in [6.45, 7) is 8.25. The van der Waals surface area contributed by atoms with Crippen LogP contribution < -0.4 is 10.6 Å². The van der Waals surface area contributed by atoms with Crippen LogP contribution in [0.25, 0.3) is 0 Å². The number of ether oxygens (including phenoxy) is 1. The van der Waals surface area contributed by atoms with Gasteiger partial charge in [-0.15, -0.1) is 0 Å². The lowest BCUT2D eigenvalue weighted by Gasteiger charge is -2.19. The second-order valence-corrected chi connectivity index (χ2v) is 7.26. The molecule has 0 saturated heterocycles. The van der Waals surface area contributed by atoms with Crippen molar-refractivity contribution in [3.63, 3.8) is 0 Å². The normalized spacial score (nSPS) is 10.9. The predicted octanol–water partition coefficient (Wildman–Crippen LogP) is 2.03. The summed E-state index contributed by atoms with van der Waals surface area (Å²) >= 11 is 0. The molecule has 7 heteroatoms. The second-order valence-electron chi connectivity index (χ2n) is 4.56. The van der Waals surface area contributed by atoms with E-state index in [4.69, 9.17) is 4.74 Å². The highest BCUT2D eigenvalue weighted by molar-refractivity contribution is 8.76. The Morgan fingerprint density at radius 1 is 1.06 bits per heavy atom. The maximum Gasteiger partial charge on any atom is 0.407 e. The third-order valence-corrected chi connectivity index (χ3v) is 3.90. The molecule has 0 atom stereocenters. The topological polar surface area (TPSA) is 67.4 Å². The Bertz CT molecular complexity index is 268. The van der Waals surface area contributed by atoms with E-state index in [0.717, 1.165) is 11.5 Å². The highest BCUT2D eigenvalue weighted by Crippen LogP contribution is 2.19. The summed E-state index contributed by atoms with van der Waals surface area (Å²) < 4.78 is 5.10. The second kappa shape index (κ2) is 9.38. The highest BCUT2D eigenvalue weighted by Gasteiger charge is 2.15. The number of carbonyl (C=O) groups excluding carboxylic acids is 2. The minimum Gasteiger partial charge on any atom is -0.444 e. The van der Waals surface area contributed by atoms with Crippen LogP contribution in [0.1, 0.15) is 27.7 Å². The summed E-state index contributed by atoms with van der Waals surface area (Å²) in [5.74, 6) is 1.66. The first-order chi connectivity index (χ1) is 8.31. The van der Waals surface area contributed by atoms with Crippen molar-refractivity contribution in [2.45, 2.75) is 33.3 Å². The van der Waals surface area contributed by atoms with Gasteiger partial charge in [0.2, 0.25) is 5.91 Å². The van der Waals surface area contributed by atoms with Gasteiger partial charge in [-0.3, -0.25) is 4.79 Å². The van der Waals surface area contributed by atoms with Crippen molar-refractivity contribution in [3.05, 3.63) is 0 Å². The first kappa shape index (κ1) is 17.4. The van der Waals surface area contributed by atoms with Crippen LogP contribution >= 0.6 is 21.6 Å². The summed E-state index contributed by atoms with van der Waals surface area (Å²) in [5, 5.41) is 5.40. The molecule has 0 aliphatic carbocycles. The molecule has 0 aromatic heterocycles.